The maximum Gasteiger partial charge on any atom is 0.159 e. The van der Waals surface area contributed by atoms with Gasteiger partial charge in [-0.1, -0.05) is 133 Å². The van der Waals surface area contributed by atoms with Crippen LogP contribution in [-0.4, -0.2) is 4.57 Å². The van der Waals surface area contributed by atoms with E-state index in [9.17, 15) is 0 Å². The van der Waals surface area contributed by atoms with Gasteiger partial charge >= 0.3 is 0 Å². The number of furan rings is 1. The normalized spacial score (nSPS) is 11.7. The molecule has 10 aromatic rings. The second kappa shape index (κ2) is 11.0. The molecule has 0 radical (unpaired) electrons. The van der Waals surface area contributed by atoms with E-state index in [2.05, 4.69) is 191 Å². The van der Waals surface area contributed by atoms with Crippen LogP contribution in [-0.2, 0) is 0 Å². The van der Waals surface area contributed by atoms with E-state index in [1.54, 1.807) is 0 Å². The van der Waals surface area contributed by atoms with Crippen LogP contribution in [0.25, 0.3) is 71.3 Å². The molecule has 0 N–H and O–H groups in total. The molecule has 2 aromatic heterocycles. The number of hydrogen-bond acceptors (Lipinski definition) is 2. The summed E-state index contributed by atoms with van der Waals surface area (Å²) in [6.45, 7) is 0. The molecule has 10 rings (SSSR count). The Morgan fingerprint density at radius 3 is 1.92 bits per heavy atom. The summed E-state index contributed by atoms with van der Waals surface area (Å²) in [4.78, 5) is 2.38. The Morgan fingerprint density at radius 2 is 1.04 bits per heavy atom. The Kier molecular flexibility index (Phi) is 6.18. The molecule has 0 atom stereocenters. The highest BCUT2D eigenvalue weighted by Crippen LogP contribution is 2.47. The van der Waals surface area contributed by atoms with E-state index >= 15 is 0 Å². The fourth-order valence-electron chi connectivity index (χ4n) is 7.58. The van der Waals surface area contributed by atoms with Crippen molar-refractivity contribution in [1.29, 1.82) is 0 Å². The van der Waals surface area contributed by atoms with Gasteiger partial charge in [-0.2, -0.15) is 0 Å². The molecule has 0 aliphatic carbocycles. The van der Waals surface area contributed by atoms with Crippen LogP contribution in [0.15, 0.2) is 186 Å². The average molecular weight is 627 g/mol. The maximum absolute atomic E-state index is 6.95. The lowest BCUT2D eigenvalue weighted by Gasteiger charge is -2.28. The highest BCUT2D eigenvalue weighted by Gasteiger charge is 2.23. The number of para-hydroxylation sites is 4. The molecule has 0 aliphatic heterocycles. The van der Waals surface area contributed by atoms with Gasteiger partial charge in [-0.05, 0) is 59.5 Å². The number of fused-ring (bicyclic) bond motifs is 8. The summed E-state index contributed by atoms with van der Waals surface area (Å²) in [6, 6.07) is 64.9. The van der Waals surface area contributed by atoms with Crippen molar-refractivity contribution in [3.8, 4) is 16.8 Å². The molecule has 0 bridgehead atoms. The summed E-state index contributed by atoms with van der Waals surface area (Å²) in [5, 5.41) is 6.95. The number of anilines is 3. The zero-order valence-corrected chi connectivity index (χ0v) is 26.6. The van der Waals surface area contributed by atoms with Crippen molar-refractivity contribution in [3.63, 3.8) is 0 Å². The quantitative estimate of drug-likeness (QED) is 0.190. The molecule has 0 aliphatic rings. The average Bonchev–Trinajstić information content (AvgIpc) is 3.72. The first-order valence-corrected chi connectivity index (χ1v) is 16.7. The van der Waals surface area contributed by atoms with Gasteiger partial charge in [-0.3, -0.25) is 0 Å². The zero-order valence-electron chi connectivity index (χ0n) is 26.6. The van der Waals surface area contributed by atoms with Crippen LogP contribution in [0.4, 0.5) is 17.1 Å². The van der Waals surface area contributed by atoms with E-state index in [4.69, 9.17) is 4.42 Å². The summed E-state index contributed by atoms with van der Waals surface area (Å²) >= 11 is 0. The Balaban J connectivity index is 1.30. The molecule has 0 saturated heterocycles. The first-order valence-electron chi connectivity index (χ1n) is 16.7. The summed E-state index contributed by atoms with van der Waals surface area (Å²) in [5.41, 5.74) is 10.7. The van der Waals surface area contributed by atoms with Crippen molar-refractivity contribution < 1.29 is 4.42 Å². The summed E-state index contributed by atoms with van der Waals surface area (Å²) < 4.78 is 9.33. The van der Waals surface area contributed by atoms with Crippen molar-refractivity contribution in [2.75, 3.05) is 4.90 Å². The van der Waals surface area contributed by atoms with Crippen LogP contribution in [0.1, 0.15) is 0 Å². The molecule has 0 fully saturated rings. The van der Waals surface area contributed by atoms with Gasteiger partial charge in [0.2, 0.25) is 0 Å². The molecule has 0 unspecified atom stereocenters. The Hall–Kier alpha value is -6.58. The molecule has 230 valence electrons. The lowest BCUT2D eigenvalue weighted by atomic mass is 10.0. The Bertz CT molecular complexity index is 2830. The van der Waals surface area contributed by atoms with E-state index in [0.717, 1.165) is 66.7 Å². The molecule has 3 nitrogen and oxygen atoms in total. The third kappa shape index (κ3) is 4.29. The third-order valence-electron chi connectivity index (χ3n) is 9.77. The maximum atomic E-state index is 6.95. The van der Waals surface area contributed by atoms with E-state index in [1.807, 2.05) is 0 Å². The van der Waals surface area contributed by atoms with Gasteiger partial charge in [0.15, 0.2) is 5.58 Å². The van der Waals surface area contributed by atoms with Gasteiger partial charge in [0.1, 0.15) is 5.58 Å². The SMILES string of the molecule is c1ccc(-c2ccccc2N(c2ccc3c4ccccc4n(-c4ccccc4)c3c2)c2cccc3c2oc2c4ccccc4ccc32)cc1. The van der Waals surface area contributed by atoms with Crippen LogP contribution in [0.3, 0.4) is 0 Å². The number of rotatable bonds is 5. The third-order valence-corrected chi connectivity index (χ3v) is 9.77. The summed E-state index contributed by atoms with van der Waals surface area (Å²) in [7, 11) is 0. The van der Waals surface area contributed by atoms with Gasteiger partial charge in [0.25, 0.3) is 0 Å². The molecule has 0 spiro atoms. The van der Waals surface area contributed by atoms with Crippen LogP contribution in [0, 0.1) is 0 Å². The molecule has 0 amide bonds. The number of aromatic nitrogens is 1. The number of hydrogen-bond donors (Lipinski definition) is 0. The fourth-order valence-corrected chi connectivity index (χ4v) is 7.58. The topological polar surface area (TPSA) is 21.3 Å². The second-order valence-corrected chi connectivity index (χ2v) is 12.5. The van der Waals surface area contributed by atoms with Crippen LogP contribution in [0.5, 0.6) is 0 Å². The number of benzene rings is 8. The van der Waals surface area contributed by atoms with E-state index < -0.39 is 0 Å². The fraction of sp³-hybridized carbons (Fsp3) is 0. The first-order chi connectivity index (χ1) is 24.3. The minimum Gasteiger partial charge on any atom is -0.453 e. The zero-order chi connectivity index (χ0) is 32.3. The first kappa shape index (κ1) is 27.5. The predicted molar refractivity (Wildman–Crippen MR) is 206 cm³/mol. The lowest BCUT2D eigenvalue weighted by molar-refractivity contribution is 0.673. The molecular formula is C46H30N2O. The highest BCUT2D eigenvalue weighted by molar-refractivity contribution is 6.18. The van der Waals surface area contributed by atoms with Crippen LogP contribution < -0.4 is 4.90 Å². The van der Waals surface area contributed by atoms with E-state index in [1.165, 1.54) is 21.7 Å². The molecule has 3 heteroatoms. The van der Waals surface area contributed by atoms with E-state index in [0.29, 0.717) is 0 Å². The van der Waals surface area contributed by atoms with Gasteiger partial charge in [-0.25, -0.2) is 0 Å². The van der Waals surface area contributed by atoms with Crippen molar-refractivity contribution >= 4 is 71.6 Å². The van der Waals surface area contributed by atoms with Crippen molar-refractivity contribution in [2.45, 2.75) is 0 Å². The standard InChI is InChI=1S/C46H30N2O/c1-3-14-31(15-4-1)35-19-9-11-23-41(35)48(43-25-13-22-39-40-28-26-32-16-7-8-20-36(32)45(40)49-46(39)43)34-27-29-38-37-21-10-12-24-42(37)47(44(38)30-34)33-17-5-2-6-18-33/h1-30H. The molecule has 0 saturated carbocycles. The monoisotopic (exact) mass is 626 g/mol. The van der Waals surface area contributed by atoms with Crippen molar-refractivity contribution in [3.05, 3.63) is 182 Å². The smallest absolute Gasteiger partial charge is 0.159 e. The van der Waals surface area contributed by atoms with Gasteiger partial charge in [-0.15, -0.1) is 0 Å². The minimum absolute atomic E-state index is 0.861. The van der Waals surface area contributed by atoms with Gasteiger partial charge in [0, 0.05) is 43.9 Å². The van der Waals surface area contributed by atoms with Crippen LogP contribution in [0.2, 0.25) is 0 Å². The van der Waals surface area contributed by atoms with Gasteiger partial charge in [0.05, 0.1) is 22.4 Å². The Labute approximate surface area is 283 Å². The lowest BCUT2D eigenvalue weighted by Crippen LogP contribution is -2.11. The minimum atomic E-state index is 0.861. The number of nitrogens with zero attached hydrogens (tertiary/aromatic N) is 2. The van der Waals surface area contributed by atoms with Gasteiger partial charge < -0.3 is 13.9 Å². The molecule has 8 aromatic carbocycles. The largest absolute Gasteiger partial charge is 0.453 e. The van der Waals surface area contributed by atoms with Crippen LogP contribution >= 0.6 is 0 Å². The van der Waals surface area contributed by atoms with Crippen molar-refractivity contribution in [1.82, 2.24) is 4.57 Å². The predicted octanol–water partition coefficient (Wildman–Crippen LogP) is 13.0. The second-order valence-electron chi connectivity index (χ2n) is 12.5. The molecular weight excluding hydrogens is 597 g/mol. The Morgan fingerprint density at radius 1 is 0.408 bits per heavy atom. The molecule has 49 heavy (non-hydrogen) atoms. The molecule has 2 heterocycles. The van der Waals surface area contributed by atoms with Crippen molar-refractivity contribution in [2.24, 2.45) is 0 Å². The highest BCUT2D eigenvalue weighted by atomic mass is 16.3. The summed E-state index contributed by atoms with van der Waals surface area (Å²) in [6.07, 6.45) is 0. The van der Waals surface area contributed by atoms with E-state index in [-0.39, 0.29) is 0 Å². The summed E-state index contributed by atoms with van der Waals surface area (Å²) in [5.74, 6) is 0.